The summed E-state index contributed by atoms with van der Waals surface area (Å²) in [7, 11) is -6.75. The van der Waals surface area contributed by atoms with Crippen LogP contribution in [-0.2, 0) is 18.2 Å². The van der Waals surface area contributed by atoms with Crippen molar-refractivity contribution >= 4 is 39.7 Å². The van der Waals surface area contributed by atoms with Gasteiger partial charge in [-0.05, 0) is 60.0 Å². The third kappa shape index (κ3) is 15.4. The van der Waals surface area contributed by atoms with Crippen molar-refractivity contribution in [3.05, 3.63) is 61.2 Å². The number of pyridine rings is 2. The molecule has 0 amide bonds. The lowest BCUT2D eigenvalue weighted by atomic mass is 10.3. The largest absolute Gasteiger partial charge is 0.566 e. The first-order chi connectivity index (χ1) is 13.4. The SMILES string of the molecule is CC(C)[n+]1ccccc1.CC(C)[n+]1ccccc1.O=[P+]([O-])OC(Cl)(Cl)O[P+](=O)[O-]. The first kappa shape index (κ1) is 27.9. The maximum atomic E-state index is 9.77. The van der Waals surface area contributed by atoms with Crippen molar-refractivity contribution in [3.8, 4) is 0 Å². The number of halogens is 2. The van der Waals surface area contributed by atoms with Gasteiger partial charge in [0.05, 0.1) is 0 Å². The van der Waals surface area contributed by atoms with Crippen LogP contribution in [0.1, 0.15) is 39.8 Å². The lowest BCUT2D eigenvalue weighted by molar-refractivity contribution is -0.716. The fourth-order valence-electron chi connectivity index (χ4n) is 1.70. The van der Waals surface area contributed by atoms with E-state index in [0.29, 0.717) is 12.1 Å². The number of hydrogen-bond acceptors (Lipinski definition) is 6. The molecule has 2 heterocycles. The minimum Gasteiger partial charge on any atom is -0.566 e. The molecule has 0 N–H and O–H groups in total. The molecule has 12 heteroatoms. The summed E-state index contributed by atoms with van der Waals surface area (Å²) in [6.07, 6.45) is 8.30. The zero-order valence-corrected chi connectivity index (χ0v) is 19.7. The highest BCUT2D eigenvalue weighted by molar-refractivity contribution is 7.31. The molecule has 0 aliphatic rings. The highest BCUT2D eigenvalue weighted by Crippen LogP contribution is 2.37. The number of rotatable bonds is 6. The van der Waals surface area contributed by atoms with Crippen LogP contribution in [0.15, 0.2) is 61.2 Å². The predicted octanol–water partition coefficient (Wildman–Crippen LogP) is 3.25. The fourth-order valence-corrected chi connectivity index (χ4v) is 2.86. The maximum absolute atomic E-state index is 9.77. The normalized spacial score (nSPS) is 11.8. The Morgan fingerprint density at radius 1 is 0.724 bits per heavy atom. The van der Waals surface area contributed by atoms with Crippen molar-refractivity contribution in [3.63, 3.8) is 0 Å². The van der Waals surface area contributed by atoms with Gasteiger partial charge in [-0.2, -0.15) is 0 Å². The number of nitrogens with zero attached hydrogens (tertiary/aromatic N) is 2. The molecule has 2 rings (SSSR count). The summed E-state index contributed by atoms with van der Waals surface area (Å²) in [5, 5.41) is 0. The van der Waals surface area contributed by atoms with Gasteiger partial charge < -0.3 is 9.79 Å². The molecule has 0 spiro atoms. The lowest BCUT2D eigenvalue weighted by Gasteiger charge is -2.04. The van der Waals surface area contributed by atoms with Gasteiger partial charge in [-0.3, -0.25) is 0 Å². The molecule has 2 aromatic heterocycles. The molecule has 0 saturated heterocycles. The Hall–Kier alpha value is -1.08. The van der Waals surface area contributed by atoms with Gasteiger partial charge in [0.15, 0.2) is 36.9 Å². The minimum atomic E-state index is -3.38. The van der Waals surface area contributed by atoms with Gasteiger partial charge >= 0.3 is 21.2 Å². The van der Waals surface area contributed by atoms with E-state index < -0.39 is 21.2 Å². The van der Waals surface area contributed by atoms with Gasteiger partial charge in [0, 0.05) is 24.3 Å². The van der Waals surface area contributed by atoms with E-state index in [-0.39, 0.29) is 0 Å². The van der Waals surface area contributed by atoms with Gasteiger partial charge in [0.1, 0.15) is 0 Å². The molecule has 160 valence electrons. The second kappa shape index (κ2) is 14.8. The van der Waals surface area contributed by atoms with E-state index in [4.69, 9.17) is 23.2 Å². The molecular weight excluding hydrogens is 461 g/mol. The Bertz CT molecular complexity index is 676. The van der Waals surface area contributed by atoms with Crippen molar-refractivity contribution in [2.75, 3.05) is 0 Å². The third-order valence-corrected chi connectivity index (χ3v) is 4.58. The molecule has 2 aromatic rings. The molecule has 0 fully saturated rings. The summed E-state index contributed by atoms with van der Waals surface area (Å²) in [4.78, 5) is 19.5. The van der Waals surface area contributed by atoms with E-state index in [0.717, 1.165) is 0 Å². The molecule has 0 aliphatic carbocycles. The van der Waals surface area contributed by atoms with Crippen molar-refractivity contribution in [1.29, 1.82) is 0 Å². The molecule has 0 aromatic carbocycles. The maximum Gasteiger partial charge on any atom is 0.494 e. The summed E-state index contributed by atoms with van der Waals surface area (Å²) in [5.41, 5.74) is 0. The first-order valence-electron chi connectivity index (χ1n) is 8.41. The highest BCUT2D eigenvalue weighted by Gasteiger charge is 2.40. The van der Waals surface area contributed by atoms with Crippen LogP contribution in [0.4, 0.5) is 0 Å². The summed E-state index contributed by atoms with van der Waals surface area (Å²) < 4.78 is 28.4. The van der Waals surface area contributed by atoms with Crippen LogP contribution in [0.2, 0.25) is 0 Å². The second-order valence-electron chi connectivity index (χ2n) is 5.93. The first-order valence-corrected chi connectivity index (χ1v) is 11.4. The van der Waals surface area contributed by atoms with Crippen LogP contribution in [0.25, 0.3) is 0 Å². The minimum absolute atomic E-state index is 0.575. The third-order valence-electron chi connectivity index (χ3n) is 3.03. The zero-order valence-electron chi connectivity index (χ0n) is 16.4. The molecule has 0 radical (unpaired) electrons. The van der Waals surface area contributed by atoms with E-state index >= 15 is 0 Å². The van der Waals surface area contributed by atoms with Crippen molar-refractivity contribution in [1.82, 2.24) is 0 Å². The highest BCUT2D eigenvalue weighted by atomic mass is 35.5. The van der Waals surface area contributed by atoms with Crippen LogP contribution < -0.4 is 18.9 Å². The van der Waals surface area contributed by atoms with Crippen LogP contribution in [0, 0.1) is 0 Å². The molecule has 0 bridgehead atoms. The average Bonchev–Trinajstić information content (AvgIpc) is 2.62. The monoisotopic (exact) mass is 484 g/mol. The lowest BCUT2D eigenvalue weighted by Crippen LogP contribution is -2.34. The van der Waals surface area contributed by atoms with Gasteiger partial charge in [0.25, 0.3) is 0 Å². The molecule has 0 saturated carbocycles. The quantitative estimate of drug-likeness (QED) is 0.269. The van der Waals surface area contributed by atoms with Crippen molar-refractivity contribution in [2.24, 2.45) is 0 Å². The van der Waals surface area contributed by atoms with Gasteiger partial charge in [-0.25, -0.2) is 9.13 Å². The predicted molar refractivity (Wildman–Crippen MR) is 106 cm³/mol. The molecule has 2 atom stereocenters. The Kier molecular flexibility index (Phi) is 14.3. The van der Waals surface area contributed by atoms with Crippen molar-refractivity contribution in [2.45, 2.75) is 44.5 Å². The number of aromatic nitrogens is 2. The molecular formula is C17H24Cl2N2O6P2+2. The van der Waals surface area contributed by atoms with Gasteiger partial charge in [-0.1, -0.05) is 21.2 Å². The number of hydrogen-bond donors (Lipinski definition) is 0. The topological polar surface area (TPSA) is 106 Å². The van der Waals surface area contributed by atoms with Gasteiger partial charge in [-0.15, -0.1) is 0 Å². The fraction of sp³-hybridized carbons (Fsp3) is 0.412. The standard InChI is InChI=1S/2C8H12N.CCl2O6P2/c2*1-8(2)9-6-4-3-5-7-9;2-1(3,8-10(4)5)9-11(6)7/h2*3-8H,1-2H3;/q2*+1;. The molecule has 0 aliphatic heterocycles. The van der Waals surface area contributed by atoms with E-state index in [1.165, 1.54) is 0 Å². The second-order valence-corrected chi connectivity index (χ2v) is 8.37. The average molecular weight is 485 g/mol. The van der Waals surface area contributed by atoms with Crippen molar-refractivity contribution < 1.29 is 37.1 Å². The Labute approximate surface area is 182 Å². The molecule has 8 nitrogen and oxygen atoms in total. The van der Waals surface area contributed by atoms with Crippen LogP contribution >= 0.6 is 39.7 Å². The van der Waals surface area contributed by atoms with E-state index in [1.54, 1.807) is 0 Å². The Morgan fingerprint density at radius 2 is 1.00 bits per heavy atom. The summed E-state index contributed by atoms with van der Waals surface area (Å²) in [6, 6.07) is 13.4. The number of alkyl halides is 2. The Balaban J connectivity index is 0.000000408. The van der Waals surface area contributed by atoms with E-state index in [1.807, 2.05) is 36.4 Å². The van der Waals surface area contributed by atoms with E-state index in [2.05, 4.69) is 70.7 Å². The molecule has 2 unspecified atom stereocenters. The summed E-state index contributed by atoms with van der Waals surface area (Å²) >= 11 is 9.76. The van der Waals surface area contributed by atoms with Gasteiger partial charge in [0.2, 0.25) is 0 Å². The summed E-state index contributed by atoms with van der Waals surface area (Å²) in [6.45, 7) is 8.67. The van der Waals surface area contributed by atoms with Crippen LogP contribution in [-0.4, -0.2) is 4.71 Å². The zero-order chi connectivity index (χ0) is 22.4. The van der Waals surface area contributed by atoms with Crippen LogP contribution in [0.3, 0.4) is 0 Å². The van der Waals surface area contributed by atoms with Crippen LogP contribution in [0.5, 0.6) is 0 Å². The molecule has 29 heavy (non-hydrogen) atoms. The smallest absolute Gasteiger partial charge is 0.494 e. The Morgan fingerprint density at radius 3 is 1.17 bits per heavy atom. The van der Waals surface area contributed by atoms with E-state index in [9.17, 15) is 18.9 Å². The summed E-state index contributed by atoms with van der Waals surface area (Å²) in [5.74, 6) is 0.